The van der Waals surface area contributed by atoms with Crippen molar-refractivity contribution >= 4 is 15.9 Å². The molecule has 0 N–H and O–H groups in total. The molecule has 0 radical (unpaired) electrons. The van der Waals surface area contributed by atoms with Gasteiger partial charge >= 0.3 is 0 Å². The highest BCUT2D eigenvalue weighted by atomic mass is 79.9. The summed E-state index contributed by atoms with van der Waals surface area (Å²) in [5.41, 5.74) is 3.57. The van der Waals surface area contributed by atoms with E-state index < -0.39 is 0 Å². The van der Waals surface area contributed by atoms with E-state index in [-0.39, 0.29) is 17.5 Å². The van der Waals surface area contributed by atoms with E-state index in [1.54, 1.807) is 35.0 Å². The van der Waals surface area contributed by atoms with E-state index in [0.29, 0.717) is 16.7 Å². The predicted molar refractivity (Wildman–Crippen MR) is 106 cm³/mol. The molecule has 0 fully saturated rings. The van der Waals surface area contributed by atoms with Crippen molar-refractivity contribution in [2.75, 3.05) is 0 Å². The summed E-state index contributed by atoms with van der Waals surface area (Å²) in [6, 6.07) is 18.4. The van der Waals surface area contributed by atoms with Crippen LogP contribution in [-0.4, -0.2) is 9.78 Å². The van der Waals surface area contributed by atoms with Crippen molar-refractivity contribution < 1.29 is 13.2 Å². The minimum absolute atomic E-state index is 0.324. The third kappa shape index (κ3) is 3.73. The van der Waals surface area contributed by atoms with Gasteiger partial charge in [-0.1, -0.05) is 12.1 Å². The maximum absolute atomic E-state index is 13.6. The summed E-state index contributed by atoms with van der Waals surface area (Å²) in [4.78, 5) is 0. The Labute approximate surface area is 168 Å². The number of rotatable bonds is 4. The van der Waals surface area contributed by atoms with Crippen LogP contribution >= 0.6 is 15.9 Å². The summed E-state index contributed by atoms with van der Waals surface area (Å²) in [7, 11) is 0. The highest BCUT2D eigenvalue weighted by Gasteiger charge is 2.19. The molecule has 6 heteroatoms. The monoisotopic (exact) mass is 442 g/mol. The van der Waals surface area contributed by atoms with Gasteiger partial charge in [0.25, 0.3) is 0 Å². The van der Waals surface area contributed by atoms with Crippen molar-refractivity contribution in [2.45, 2.75) is 6.54 Å². The smallest absolute Gasteiger partial charge is 0.123 e. The van der Waals surface area contributed by atoms with Gasteiger partial charge in [0, 0.05) is 11.1 Å². The fraction of sp³-hybridized carbons (Fsp3) is 0.0455. The molecule has 3 aromatic carbocycles. The number of halogens is 4. The first-order valence-corrected chi connectivity index (χ1v) is 9.33. The first-order chi connectivity index (χ1) is 13.5. The van der Waals surface area contributed by atoms with Gasteiger partial charge in [-0.15, -0.1) is 0 Å². The third-order valence-electron chi connectivity index (χ3n) is 4.35. The van der Waals surface area contributed by atoms with Gasteiger partial charge in [-0.2, -0.15) is 5.10 Å². The Balaban J connectivity index is 1.86. The Morgan fingerprint density at radius 1 is 0.750 bits per heavy atom. The van der Waals surface area contributed by atoms with Gasteiger partial charge in [-0.25, -0.2) is 13.2 Å². The molecular formula is C22H14BrF3N2. The second kappa shape index (κ2) is 7.64. The molecule has 0 spiro atoms. The SMILES string of the molecule is Fc1ccc(-c2nn(Cc3cccc(F)c3)c(-c3ccc(F)cc3)c2Br)cc1. The molecule has 0 saturated carbocycles. The molecule has 0 aliphatic carbocycles. The number of aromatic nitrogens is 2. The molecule has 0 bridgehead atoms. The lowest BCUT2D eigenvalue weighted by Gasteiger charge is -2.09. The number of hydrogen-bond acceptors (Lipinski definition) is 1. The molecule has 0 saturated heterocycles. The summed E-state index contributed by atoms with van der Waals surface area (Å²) in [5, 5.41) is 4.66. The van der Waals surface area contributed by atoms with Crippen LogP contribution in [0.15, 0.2) is 77.3 Å². The third-order valence-corrected chi connectivity index (χ3v) is 5.10. The van der Waals surface area contributed by atoms with Crippen LogP contribution in [0, 0.1) is 17.5 Å². The summed E-state index contributed by atoms with van der Waals surface area (Å²) >= 11 is 3.60. The van der Waals surface area contributed by atoms with Crippen molar-refractivity contribution in [3.8, 4) is 22.5 Å². The zero-order valence-corrected chi connectivity index (χ0v) is 16.1. The van der Waals surface area contributed by atoms with Crippen molar-refractivity contribution in [3.05, 3.63) is 100 Å². The normalized spacial score (nSPS) is 11.0. The Hall–Kier alpha value is -2.86. The van der Waals surface area contributed by atoms with Gasteiger partial charge in [-0.05, 0) is 82.2 Å². The molecule has 140 valence electrons. The summed E-state index contributed by atoms with van der Waals surface area (Å²) in [5.74, 6) is -1.00. The molecule has 1 heterocycles. The van der Waals surface area contributed by atoms with Gasteiger partial charge in [0.2, 0.25) is 0 Å². The number of benzene rings is 3. The van der Waals surface area contributed by atoms with Gasteiger partial charge in [-0.3, -0.25) is 4.68 Å². The lowest BCUT2D eigenvalue weighted by molar-refractivity contribution is 0.619. The van der Waals surface area contributed by atoms with Crippen LogP contribution in [-0.2, 0) is 6.54 Å². The van der Waals surface area contributed by atoms with E-state index in [4.69, 9.17) is 0 Å². The van der Waals surface area contributed by atoms with E-state index in [1.807, 2.05) is 6.07 Å². The first-order valence-electron chi connectivity index (χ1n) is 8.54. The minimum atomic E-state index is -0.338. The summed E-state index contributed by atoms with van der Waals surface area (Å²) in [6.45, 7) is 0.324. The zero-order valence-electron chi connectivity index (χ0n) is 14.5. The molecule has 0 amide bonds. The zero-order chi connectivity index (χ0) is 19.7. The number of hydrogen-bond donors (Lipinski definition) is 0. The Kier molecular flexibility index (Phi) is 5.05. The average molecular weight is 443 g/mol. The maximum atomic E-state index is 13.6. The summed E-state index contributed by atoms with van der Waals surface area (Å²) in [6.07, 6.45) is 0. The van der Waals surface area contributed by atoms with Crippen LogP contribution in [0.1, 0.15) is 5.56 Å². The largest absolute Gasteiger partial charge is 0.259 e. The molecule has 0 unspecified atom stereocenters. The lowest BCUT2D eigenvalue weighted by atomic mass is 10.1. The molecule has 0 atom stereocenters. The van der Waals surface area contributed by atoms with E-state index in [9.17, 15) is 13.2 Å². The van der Waals surface area contributed by atoms with Crippen molar-refractivity contribution in [1.82, 2.24) is 9.78 Å². The fourth-order valence-electron chi connectivity index (χ4n) is 3.04. The maximum Gasteiger partial charge on any atom is 0.123 e. The van der Waals surface area contributed by atoms with Gasteiger partial charge in [0.05, 0.1) is 16.7 Å². The molecule has 4 aromatic rings. The van der Waals surface area contributed by atoms with Crippen LogP contribution in [0.3, 0.4) is 0 Å². The van der Waals surface area contributed by atoms with Crippen LogP contribution in [0.4, 0.5) is 13.2 Å². The quantitative estimate of drug-likeness (QED) is 0.355. The van der Waals surface area contributed by atoms with Crippen LogP contribution in [0.25, 0.3) is 22.5 Å². The molecule has 28 heavy (non-hydrogen) atoms. The van der Waals surface area contributed by atoms with Crippen LogP contribution in [0.2, 0.25) is 0 Å². The lowest BCUT2D eigenvalue weighted by Crippen LogP contribution is -2.04. The molecular weight excluding hydrogens is 429 g/mol. The molecule has 0 aliphatic heterocycles. The Bertz CT molecular complexity index is 1120. The van der Waals surface area contributed by atoms with E-state index in [1.165, 1.54) is 36.4 Å². The van der Waals surface area contributed by atoms with Gasteiger partial charge in [0.15, 0.2) is 0 Å². The van der Waals surface area contributed by atoms with E-state index in [2.05, 4.69) is 21.0 Å². The Morgan fingerprint density at radius 2 is 1.36 bits per heavy atom. The first kappa shape index (κ1) is 18.5. The summed E-state index contributed by atoms with van der Waals surface area (Å²) < 4.78 is 42.7. The van der Waals surface area contributed by atoms with Crippen LogP contribution < -0.4 is 0 Å². The van der Waals surface area contributed by atoms with Gasteiger partial charge < -0.3 is 0 Å². The molecule has 4 rings (SSSR count). The van der Waals surface area contributed by atoms with Gasteiger partial charge in [0.1, 0.15) is 23.1 Å². The van der Waals surface area contributed by atoms with E-state index >= 15 is 0 Å². The molecule has 2 nitrogen and oxygen atoms in total. The highest BCUT2D eigenvalue weighted by Crippen LogP contribution is 2.37. The topological polar surface area (TPSA) is 17.8 Å². The predicted octanol–water partition coefficient (Wildman–Crippen LogP) is 6.45. The van der Waals surface area contributed by atoms with Crippen LogP contribution in [0.5, 0.6) is 0 Å². The second-order valence-electron chi connectivity index (χ2n) is 6.31. The van der Waals surface area contributed by atoms with Crippen molar-refractivity contribution in [3.63, 3.8) is 0 Å². The highest BCUT2D eigenvalue weighted by molar-refractivity contribution is 9.10. The van der Waals surface area contributed by atoms with E-state index in [0.717, 1.165) is 22.4 Å². The second-order valence-corrected chi connectivity index (χ2v) is 7.11. The van der Waals surface area contributed by atoms with Crippen molar-refractivity contribution in [2.24, 2.45) is 0 Å². The van der Waals surface area contributed by atoms with Crippen molar-refractivity contribution in [1.29, 1.82) is 0 Å². The fourth-order valence-corrected chi connectivity index (χ4v) is 3.78. The average Bonchev–Trinajstić information content (AvgIpc) is 2.99. The molecule has 0 aliphatic rings. The molecule has 1 aromatic heterocycles. The minimum Gasteiger partial charge on any atom is -0.259 e. The Morgan fingerprint density at radius 3 is 1.96 bits per heavy atom. The standard InChI is InChI=1S/C22H14BrF3N2/c23-20-21(15-4-8-17(24)9-5-15)27-28(13-14-2-1-3-19(26)12-14)22(20)16-6-10-18(25)11-7-16/h1-12H,13H2. The number of nitrogens with zero attached hydrogens (tertiary/aromatic N) is 2.